The third-order valence-electron chi connectivity index (χ3n) is 2.64. The Balaban J connectivity index is 2.47. The van der Waals surface area contributed by atoms with Crippen molar-refractivity contribution in [2.45, 2.75) is 59.0 Å². The Kier molecular flexibility index (Phi) is 7.69. The lowest BCUT2D eigenvalue weighted by molar-refractivity contribution is 0.212. The molecule has 0 spiro atoms. The van der Waals surface area contributed by atoms with Gasteiger partial charge in [-0.3, -0.25) is 0 Å². The highest BCUT2D eigenvalue weighted by Crippen LogP contribution is 2.14. The molecule has 1 rings (SSSR count). The molecule has 0 aromatic carbocycles. The highest BCUT2D eigenvalue weighted by Gasteiger charge is 2.09. The average Bonchev–Trinajstić information content (AvgIpc) is 2.41. The fraction of sp³-hybridized carbons (Fsp3) is 0.786. The monoisotopic (exact) mass is 282 g/mol. The second-order valence-corrected chi connectivity index (χ2v) is 4.90. The Morgan fingerprint density at radius 2 is 1.70 bits per heavy atom. The largest absolute Gasteiger partial charge is 0.463 e. The van der Waals surface area contributed by atoms with Gasteiger partial charge in [-0.05, 0) is 20.3 Å². The van der Waals surface area contributed by atoms with E-state index in [9.17, 15) is 0 Å². The van der Waals surface area contributed by atoms with Crippen LogP contribution in [-0.2, 0) is 0 Å². The Hall–Kier alpha value is -1.59. The first-order chi connectivity index (χ1) is 9.65. The first-order valence-electron chi connectivity index (χ1n) is 7.39. The molecular weight excluding hydrogens is 256 g/mol. The van der Waals surface area contributed by atoms with Gasteiger partial charge in [0.1, 0.15) is 0 Å². The minimum Gasteiger partial charge on any atom is -0.463 e. The number of ether oxygens (including phenoxy) is 2. The van der Waals surface area contributed by atoms with Crippen molar-refractivity contribution in [3.8, 4) is 12.0 Å². The van der Waals surface area contributed by atoms with Crippen molar-refractivity contribution in [2.24, 2.45) is 0 Å². The van der Waals surface area contributed by atoms with E-state index in [-0.39, 0.29) is 6.10 Å². The molecule has 0 unspecified atom stereocenters. The quantitative estimate of drug-likeness (QED) is 0.665. The van der Waals surface area contributed by atoms with Gasteiger partial charge in [0.25, 0.3) is 0 Å². The van der Waals surface area contributed by atoms with E-state index < -0.39 is 0 Å². The van der Waals surface area contributed by atoms with Gasteiger partial charge < -0.3 is 14.8 Å². The third kappa shape index (κ3) is 6.54. The van der Waals surface area contributed by atoms with Crippen LogP contribution < -0.4 is 14.8 Å². The highest BCUT2D eigenvalue weighted by molar-refractivity contribution is 5.26. The topological polar surface area (TPSA) is 69.2 Å². The molecular formula is C14H26N4O2. The second-order valence-electron chi connectivity index (χ2n) is 4.90. The highest BCUT2D eigenvalue weighted by atomic mass is 16.5. The summed E-state index contributed by atoms with van der Waals surface area (Å²) in [5, 5.41) is 2.88. The molecule has 1 aromatic rings. The van der Waals surface area contributed by atoms with Gasteiger partial charge in [-0.2, -0.15) is 9.97 Å². The van der Waals surface area contributed by atoms with Gasteiger partial charge in [-0.1, -0.05) is 32.6 Å². The summed E-state index contributed by atoms with van der Waals surface area (Å²) in [6, 6.07) is 0.607. The normalized spacial score (nSPS) is 10.7. The van der Waals surface area contributed by atoms with Crippen LogP contribution in [0, 0.1) is 0 Å². The minimum atomic E-state index is 0.0176. The molecule has 1 heterocycles. The number of aromatic nitrogens is 3. The smallest absolute Gasteiger partial charge is 0.324 e. The number of nitrogens with zero attached hydrogens (tertiary/aromatic N) is 3. The van der Waals surface area contributed by atoms with E-state index in [1.807, 2.05) is 13.8 Å². The zero-order valence-electron chi connectivity index (χ0n) is 13.0. The van der Waals surface area contributed by atoms with E-state index in [0.29, 0.717) is 24.6 Å². The Morgan fingerprint density at radius 1 is 1.00 bits per heavy atom. The van der Waals surface area contributed by atoms with Crippen LogP contribution in [0.4, 0.5) is 5.95 Å². The molecule has 114 valence electrons. The van der Waals surface area contributed by atoms with Gasteiger partial charge in [-0.15, -0.1) is 4.98 Å². The predicted molar refractivity (Wildman–Crippen MR) is 79.4 cm³/mol. The maximum absolute atomic E-state index is 5.57. The standard InChI is InChI=1S/C14H26N4O2/c1-5-6-7-8-9-10-19-13-16-12(15-4)17-14(18-13)20-11(2)3/h11H,5-10H2,1-4H3,(H,15,16,17,18). The van der Waals surface area contributed by atoms with Crippen LogP contribution >= 0.6 is 0 Å². The van der Waals surface area contributed by atoms with Crippen molar-refractivity contribution in [2.75, 3.05) is 19.0 Å². The molecule has 0 amide bonds. The maximum Gasteiger partial charge on any atom is 0.324 e. The maximum atomic E-state index is 5.57. The average molecular weight is 282 g/mol. The Morgan fingerprint density at radius 3 is 2.35 bits per heavy atom. The lowest BCUT2D eigenvalue weighted by Crippen LogP contribution is -2.12. The molecule has 0 saturated heterocycles. The Bertz CT molecular complexity index is 385. The zero-order chi connectivity index (χ0) is 14.8. The van der Waals surface area contributed by atoms with Crippen LogP contribution in [0.1, 0.15) is 52.9 Å². The van der Waals surface area contributed by atoms with Gasteiger partial charge in [-0.25, -0.2) is 0 Å². The van der Waals surface area contributed by atoms with Crippen molar-refractivity contribution in [1.82, 2.24) is 15.0 Å². The minimum absolute atomic E-state index is 0.0176. The predicted octanol–water partition coefficient (Wildman–Crippen LogP) is 3.05. The number of unbranched alkanes of at least 4 members (excludes halogenated alkanes) is 4. The van der Waals surface area contributed by atoms with Crippen molar-refractivity contribution >= 4 is 5.95 Å². The summed E-state index contributed by atoms with van der Waals surface area (Å²) >= 11 is 0. The third-order valence-corrected chi connectivity index (χ3v) is 2.64. The van der Waals surface area contributed by atoms with Gasteiger partial charge in [0, 0.05) is 7.05 Å². The number of anilines is 1. The van der Waals surface area contributed by atoms with Crippen LogP contribution in [0.15, 0.2) is 0 Å². The molecule has 0 saturated carbocycles. The lowest BCUT2D eigenvalue weighted by Gasteiger charge is -2.10. The summed E-state index contributed by atoms with van der Waals surface area (Å²) in [4.78, 5) is 12.4. The molecule has 1 aromatic heterocycles. The number of rotatable bonds is 10. The van der Waals surface area contributed by atoms with Crippen molar-refractivity contribution < 1.29 is 9.47 Å². The molecule has 6 nitrogen and oxygen atoms in total. The molecule has 0 aliphatic rings. The summed E-state index contributed by atoms with van der Waals surface area (Å²) in [6.07, 6.45) is 5.98. The molecule has 0 aliphatic heterocycles. The first-order valence-corrected chi connectivity index (χ1v) is 7.39. The molecule has 20 heavy (non-hydrogen) atoms. The van der Waals surface area contributed by atoms with Crippen LogP contribution in [-0.4, -0.2) is 34.7 Å². The summed E-state index contributed by atoms with van der Waals surface area (Å²) in [5.41, 5.74) is 0. The summed E-state index contributed by atoms with van der Waals surface area (Å²) < 4.78 is 11.0. The lowest BCUT2D eigenvalue weighted by atomic mass is 10.2. The molecule has 0 atom stereocenters. The second kappa shape index (κ2) is 9.34. The van der Waals surface area contributed by atoms with Gasteiger partial charge in [0.15, 0.2) is 0 Å². The fourth-order valence-electron chi connectivity index (χ4n) is 1.65. The summed E-state index contributed by atoms with van der Waals surface area (Å²) in [7, 11) is 1.75. The van der Waals surface area contributed by atoms with Crippen LogP contribution in [0.5, 0.6) is 12.0 Å². The molecule has 0 bridgehead atoms. The number of hydrogen-bond donors (Lipinski definition) is 1. The molecule has 0 fully saturated rings. The van der Waals surface area contributed by atoms with Gasteiger partial charge in [0.2, 0.25) is 5.95 Å². The molecule has 1 N–H and O–H groups in total. The first kappa shape index (κ1) is 16.5. The van der Waals surface area contributed by atoms with E-state index >= 15 is 0 Å². The van der Waals surface area contributed by atoms with Gasteiger partial charge in [0.05, 0.1) is 12.7 Å². The van der Waals surface area contributed by atoms with E-state index in [1.54, 1.807) is 7.05 Å². The van der Waals surface area contributed by atoms with Crippen LogP contribution in [0.3, 0.4) is 0 Å². The number of hydrogen-bond acceptors (Lipinski definition) is 6. The fourth-order valence-corrected chi connectivity index (χ4v) is 1.65. The summed E-state index contributed by atoms with van der Waals surface area (Å²) in [6.45, 7) is 6.68. The molecule has 0 aliphatic carbocycles. The van der Waals surface area contributed by atoms with Crippen molar-refractivity contribution in [3.05, 3.63) is 0 Å². The number of nitrogens with one attached hydrogen (secondary N) is 1. The Labute approximate surface area is 121 Å². The van der Waals surface area contributed by atoms with E-state index in [0.717, 1.165) is 6.42 Å². The zero-order valence-corrected chi connectivity index (χ0v) is 13.0. The van der Waals surface area contributed by atoms with Gasteiger partial charge >= 0.3 is 12.0 Å². The molecule has 0 radical (unpaired) electrons. The van der Waals surface area contributed by atoms with E-state index in [2.05, 4.69) is 27.2 Å². The van der Waals surface area contributed by atoms with E-state index in [4.69, 9.17) is 9.47 Å². The van der Waals surface area contributed by atoms with Crippen molar-refractivity contribution in [3.63, 3.8) is 0 Å². The SMILES string of the molecule is CCCCCCCOc1nc(NC)nc(OC(C)C)n1. The van der Waals surface area contributed by atoms with Crippen molar-refractivity contribution in [1.29, 1.82) is 0 Å². The van der Waals surface area contributed by atoms with Crippen LogP contribution in [0.25, 0.3) is 0 Å². The van der Waals surface area contributed by atoms with Crippen LogP contribution in [0.2, 0.25) is 0 Å². The van der Waals surface area contributed by atoms with E-state index in [1.165, 1.54) is 25.7 Å². The molecule has 6 heteroatoms. The summed E-state index contributed by atoms with van der Waals surface area (Å²) in [5.74, 6) is 0.455.